The number of hydrogen-bond donors (Lipinski definition) is 2. The van der Waals surface area contributed by atoms with Crippen molar-refractivity contribution in [3.8, 4) is 0 Å². The van der Waals surface area contributed by atoms with Crippen molar-refractivity contribution in [3.63, 3.8) is 0 Å². The van der Waals surface area contributed by atoms with Crippen LogP contribution in [0.1, 0.15) is 26.0 Å². The molecule has 0 saturated heterocycles. The molecule has 1 rings (SSSR count). The van der Waals surface area contributed by atoms with E-state index in [-0.39, 0.29) is 5.09 Å². The normalized spacial score (nSPS) is 13.8. The maximum Gasteiger partial charge on any atom is 0.273 e. The molecule has 7 heteroatoms. The fraction of sp³-hybridized carbons (Fsp3) is 0.692. The molecule has 0 aliphatic heterocycles. The van der Waals surface area contributed by atoms with Crippen LogP contribution in [0.4, 0.5) is 0 Å². The molecule has 0 fully saturated rings. The Balaban J connectivity index is 2.37. The molecule has 1 unspecified atom stereocenters. The Kier molecular flexibility index (Phi) is 6.67. The van der Waals surface area contributed by atoms with Crippen molar-refractivity contribution in [2.75, 3.05) is 27.2 Å². The van der Waals surface area contributed by atoms with Crippen LogP contribution < -0.4 is 10.0 Å². The molecule has 1 heterocycles. The molecule has 1 aromatic rings. The zero-order valence-electron chi connectivity index (χ0n) is 12.6. The van der Waals surface area contributed by atoms with Crippen molar-refractivity contribution >= 4 is 10.0 Å². The third kappa shape index (κ3) is 4.90. The highest BCUT2D eigenvalue weighted by Crippen LogP contribution is 2.13. The largest absolute Gasteiger partial charge is 0.447 e. The lowest BCUT2D eigenvalue weighted by molar-refractivity contribution is 0.250. The molecule has 1 aromatic heterocycles. The Morgan fingerprint density at radius 1 is 1.40 bits per heavy atom. The molecule has 116 valence electrons. The molecular weight excluding hydrogens is 278 g/mol. The maximum atomic E-state index is 11.5. The van der Waals surface area contributed by atoms with E-state index in [4.69, 9.17) is 4.42 Å². The molecule has 1 atom stereocenters. The van der Waals surface area contributed by atoms with E-state index in [1.807, 2.05) is 0 Å². The molecule has 0 saturated carbocycles. The lowest BCUT2D eigenvalue weighted by atomic mass is 10.2. The number of likely N-dealkylation sites (N-methyl/N-ethyl adjacent to an activating group) is 1. The number of furan rings is 1. The predicted molar refractivity (Wildman–Crippen MR) is 79.0 cm³/mol. The molecule has 0 bridgehead atoms. The molecular formula is C13H25N3O3S. The van der Waals surface area contributed by atoms with Gasteiger partial charge in [-0.1, -0.05) is 6.92 Å². The number of nitrogens with zero attached hydrogens (tertiary/aromatic N) is 1. The van der Waals surface area contributed by atoms with E-state index >= 15 is 0 Å². The second-order valence-electron chi connectivity index (χ2n) is 4.84. The minimum absolute atomic E-state index is 0.0477. The summed E-state index contributed by atoms with van der Waals surface area (Å²) in [5.41, 5.74) is 0. The van der Waals surface area contributed by atoms with E-state index < -0.39 is 10.0 Å². The van der Waals surface area contributed by atoms with Gasteiger partial charge in [-0.2, -0.15) is 0 Å². The molecule has 0 aliphatic rings. The Bertz CT molecular complexity index is 499. The highest BCUT2D eigenvalue weighted by molar-refractivity contribution is 7.89. The summed E-state index contributed by atoms with van der Waals surface area (Å²) in [6, 6.07) is 3.71. The smallest absolute Gasteiger partial charge is 0.273 e. The van der Waals surface area contributed by atoms with Crippen molar-refractivity contribution < 1.29 is 12.8 Å². The third-order valence-corrected chi connectivity index (χ3v) is 4.74. The second-order valence-corrected chi connectivity index (χ2v) is 6.66. The van der Waals surface area contributed by atoms with Crippen molar-refractivity contribution in [1.82, 2.24) is 14.9 Å². The van der Waals surface area contributed by atoms with E-state index in [9.17, 15) is 8.42 Å². The average molecular weight is 303 g/mol. The lowest BCUT2D eigenvalue weighted by Crippen LogP contribution is -2.34. The van der Waals surface area contributed by atoms with Gasteiger partial charge in [-0.15, -0.1) is 0 Å². The highest BCUT2D eigenvalue weighted by Gasteiger charge is 2.16. The zero-order valence-corrected chi connectivity index (χ0v) is 13.5. The zero-order chi connectivity index (χ0) is 15.2. The third-order valence-electron chi connectivity index (χ3n) is 3.45. The minimum Gasteiger partial charge on any atom is -0.447 e. The van der Waals surface area contributed by atoms with Crippen LogP contribution in [0.3, 0.4) is 0 Å². The van der Waals surface area contributed by atoms with Gasteiger partial charge >= 0.3 is 0 Å². The van der Waals surface area contributed by atoms with E-state index in [1.165, 1.54) is 13.1 Å². The molecule has 0 amide bonds. The van der Waals surface area contributed by atoms with Crippen LogP contribution >= 0.6 is 0 Å². The summed E-state index contributed by atoms with van der Waals surface area (Å²) in [5.74, 6) is 0.616. The van der Waals surface area contributed by atoms with Gasteiger partial charge in [-0.25, -0.2) is 13.1 Å². The average Bonchev–Trinajstić information content (AvgIpc) is 2.92. The Morgan fingerprint density at radius 2 is 2.10 bits per heavy atom. The highest BCUT2D eigenvalue weighted by atomic mass is 32.2. The summed E-state index contributed by atoms with van der Waals surface area (Å²) < 4.78 is 30.5. The van der Waals surface area contributed by atoms with Gasteiger partial charge in [-0.3, -0.25) is 0 Å². The number of nitrogens with one attached hydrogen (secondary N) is 2. The Hall–Kier alpha value is -0.890. The van der Waals surface area contributed by atoms with Crippen LogP contribution in [0.25, 0.3) is 0 Å². The van der Waals surface area contributed by atoms with Gasteiger partial charge in [-0.05, 0) is 39.6 Å². The Morgan fingerprint density at radius 3 is 2.70 bits per heavy atom. The van der Waals surface area contributed by atoms with Crippen molar-refractivity contribution in [3.05, 3.63) is 17.9 Å². The molecule has 6 nitrogen and oxygen atoms in total. The Labute approximate surface area is 121 Å². The first-order chi connectivity index (χ1) is 9.40. The van der Waals surface area contributed by atoms with Crippen LogP contribution in [0.2, 0.25) is 0 Å². The molecule has 0 aromatic carbocycles. The van der Waals surface area contributed by atoms with E-state index in [1.54, 1.807) is 6.07 Å². The quantitative estimate of drug-likeness (QED) is 0.666. The van der Waals surface area contributed by atoms with Crippen LogP contribution in [0, 0.1) is 0 Å². The number of hydrogen-bond acceptors (Lipinski definition) is 5. The first-order valence-corrected chi connectivity index (χ1v) is 8.32. The first-order valence-electron chi connectivity index (χ1n) is 6.84. The molecule has 0 radical (unpaired) electrons. The SMILES string of the molecule is CCC(C)N(C)CCNCc1ccc(S(=O)(=O)NC)o1. The van der Waals surface area contributed by atoms with E-state index in [0.717, 1.165) is 19.5 Å². The van der Waals surface area contributed by atoms with Crippen molar-refractivity contribution in [2.45, 2.75) is 37.9 Å². The lowest BCUT2D eigenvalue weighted by Gasteiger charge is -2.23. The van der Waals surface area contributed by atoms with E-state index in [2.05, 4.69) is 35.8 Å². The van der Waals surface area contributed by atoms with Gasteiger partial charge in [0, 0.05) is 19.1 Å². The summed E-state index contributed by atoms with van der Waals surface area (Å²) in [7, 11) is -0.0295. The summed E-state index contributed by atoms with van der Waals surface area (Å²) in [4.78, 5) is 2.28. The van der Waals surface area contributed by atoms with Crippen molar-refractivity contribution in [2.24, 2.45) is 0 Å². The summed E-state index contributed by atoms with van der Waals surface area (Å²) >= 11 is 0. The molecule has 2 N–H and O–H groups in total. The minimum atomic E-state index is -3.49. The molecule has 0 aliphatic carbocycles. The second kappa shape index (κ2) is 7.78. The topological polar surface area (TPSA) is 74.6 Å². The fourth-order valence-electron chi connectivity index (χ4n) is 1.70. The first kappa shape index (κ1) is 17.2. The van der Waals surface area contributed by atoms with Gasteiger partial charge in [0.05, 0.1) is 6.54 Å². The van der Waals surface area contributed by atoms with Gasteiger partial charge in [0.15, 0.2) is 0 Å². The van der Waals surface area contributed by atoms with Gasteiger partial charge in [0.1, 0.15) is 5.76 Å². The molecule has 0 spiro atoms. The van der Waals surface area contributed by atoms with Crippen molar-refractivity contribution in [1.29, 1.82) is 0 Å². The summed E-state index contributed by atoms with van der Waals surface area (Å²) in [6.07, 6.45) is 1.12. The summed E-state index contributed by atoms with van der Waals surface area (Å²) in [6.45, 7) is 6.66. The van der Waals surface area contributed by atoms with Gasteiger partial charge < -0.3 is 14.6 Å². The van der Waals surface area contributed by atoms with Crippen LogP contribution in [0.5, 0.6) is 0 Å². The monoisotopic (exact) mass is 303 g/mol. The van der Waals surface area contributed by atoms with Crippen LogP contribution in [-0.2, 0) is 16.6 Å². The number of rotatable bonds is 9. The van der Waals surface area contributed by atoms with E-state index in [0.29, 0.717) is 18.3 Å². The van der Waals surface area contributed by atoms with Crippen LogP contribution in [0.15, 0.2) is 21.6 Å². The van der Waals surface area contributed by atoms with Gasteiger partial charge in [0.2, 0.25) is 5.09 Å². The standard InChI is InChI=1S/C13H25N3O3S/c1-5-11(2)16(4)9-8-15-10-12-6-7-13(19-12)20(17,18)14-3/h6-7,11,14-15H,5,8-10H2,1-4H3. The summed E-state index contributed by atoms with van der Waals surface area (Å²) in [5, 5.41) is 3.20. The maximum absolute atomic E-state index is 11.5. The fourth-order valence-corrected chi connectivity index (χ4v) is 2.36. The predicted octanol–water partition coefficient (Wildman–Crippen LogP) is 1.01. The van der Waals surface area contributed by atoms with Crippen LogP contribution in [-0.4, -0.2) is 46.5 Å². The number of sulfonamides is 1. The van der Waals surface area contributed by atoms with Gasteiger partial charge in [0.25, 0.3) is 10.0 Å². The molecule has 20 heavy (non-hydrogen) atoms.